The fraction of sp³-hybridized carbons (Fsp3) is 0.393. The number of nitrogens with zero attached hydrogens (tertiary/aromatic N) is 3. The molecule has 1 atom stereocenters. The number of allylic oxidation sites excluding steroid dienone is 1. The van der Waals surface area contributed by atoms with E-state index < -0.39 is 6.04 Å². The number of ether oxygens (including phenoxy) is 2. The van der Waals surface area contributed by atoms with E-state index in [4.69, 9.17) is 31.2 Å². The van der Waals surface area contributed by atoms with Crippen LogP contribution in [0.1, 0.15) is 63.6 Å². The van der Waals surface area contributed by atoms with Crippen LogP contribution in [0.15, 0.2) is 65.0 Å². The highest BCUT2D eigenvalue weighted by Crippen LogP contribution is 2.37. The molecule has 2 heterocycles. The van der Waals surface area contributed by atoms with Crippen molar-refractivity contribution in [3.05, 3.63) is 76.0 Å². The Morgan fingerprint density at radius 2 is 1.86 bits per heavy atom. The Kier molecular flexibility index (Phi) is 9.52. The van der Waals surface area contributed by atoms with E-state index in [2.05, 4.69) is 12.2 Å². The molecule has 37 heavy (non-hydrogen) atoms. The van der Waals surface area contributed by atoms with Gasteiger partial charge >= 0.3 is 5.97 Å². The van der Waals surface area contributed by atoms with Gasteiger partial charge in [0.25, 0.3) is 0 Å². The number of rotatable bonds is 12. The molecular weight excluding hydrogens is 508 g/mol. The average molecular weight is 541 g/mol. The van der Waals surface area contributed by atoms with Crippen LogP contribution in [-0.2, 0) is 15.3 Å². The van der Waals surface area contributed by atoms with Crippen molar-refractivity contribution in [2.75, 3.05) is 18.5 Å². The van der Waals surface area contributed by atoms with Gasteiger partial charge in [-0.25, -0.2) is 9.48 Å². The van der Waals surface area contributed by atoms with Gasteiger partial charge in [0.1, 0.15) is 11.8 Å². The van der Waals surface area contributed by atoms with Crippen LogP contribution in [0.2, 0.25) is 5.02 Å². The Hall–Kier alpha value is -2.97. The third-order valence-corrected chi connectivity index (χ3v) is 7.27. The maximum absolute atomic E-state index is 13.2. The van der Waals surface area contributed by atoms with E-state index in [9.17, 15) is 4.79 Å². The monoisotopic (exact) mass is 540 g/mol. The number of carbonyl (C=O) groups is 1. The molecule has 0 saturated heterocycles. The molecule has 1 aliphatic heterocycles. The molecule has 0 aliphatic carbocycles. The van der Waals surface area contributed by atoms with Crippen LogP contribution in [-0.4, -0.2) is 33.9 Å². The minimum atomic E-state index is -0.475. The standard InChI is InChI=1S/C28H33ClN4O3S/c1-4-6-9-17-35-22-14-12-20(13-15-22)25-24(26(34)36-16-5-2)19(3)30-27-31-28(32-33(25)27)37-18-21-10-7-8-11-23(21)29/h7-8,10-15,25H,4-6,9,16-18H2,1-3H3,(H,30,31,32). The summed E-state index contributed by atoms with van der Waals surface area (Å²) in [7, 11) is 0. The Labute approximate surface area is 227 Å². The van der Waals surface area contributed by atoms with Crippen molar-refractivity contribution < 1.29 is 14.3 Å². The predicted octanol–water partition coefficient (Wildman–Crippen LogP) is 7.03. The van der Waals surface area contributed by atoms with Crippen molar-refractivity contribution in [3.63, 3.8) is 0 Å². The molecule has 1 aliphatic rings. The zero-order valence-corrected chi connectivity index (χ0v) is 23.1. The lowest BCUT2D eigenvalue weighted by Crippen LogP contribution is -2.29. The highest BCUT2D eigenvalue weighted by atomic mass is 35.5. The number of anilines is 1. The topological polar surface area (TPSA) is 78.3 Å². The second-order valence-corrected chi connectivity index (χ2v) is 10.2. The van der Waals surface area contributed by atoms with Crippen LogP contribution in [0, 0.1) is 0 Å². The van der Waals surface area contributed by atoms with E-state index in [1.807, 2.05) is 62.4 Å². The Balaban J connectivity index is 1.61. The third-order valence-electron chi connectivity index (χ3n) is 6.02. The molecule has 0 fully saturated rings. The van der Waals surface area contributed by atoms with Crippen molar-refractivity contribution in [2.24, 2.45) is 0 Å². The lowest BCUT2D eigenvalue weighted by atomic mass is 9.96. The first-order chi connectivity index (χ1) is 18.0. The van der Waals surface area contributed by atoms with E-state index in [0.717, 1.165) is 42.6 Å². The van der Waals surface area contributed by atoms with E-state index in [-0.39, 0.29) is 5.97 Å². The van der Waals surface area contributed by atoms with Gasteiger partial charge in [-0.2, -0.15) is 4.98 Å². The highest BCUT2D eigenvalue weighted by molar-refractivity contribution is 7.98. The first kappa shape index (κ1) is 27.1. The minimum Gasteiger partial charge on any atom is -0.494 e. The van der Waals surface area contributed by atoms with Crippen LogP contribution < -0.4 is 10.1 Å². The van der Waals surface area contributed by atoms with Crippen LogP contribution in [0.5, 0.6) is 5.75 Å². The number of benzene rings is 2. The summed E-state index contributed by atoms with van der Waals surface area (Å²) >= 11 is 7.83. The molecule has 0 saturated carbocycles. The van der Waals surface area contributed by atoms with Gasteiger partial charge < -0.3 is 14.8 Å². The van der Waals surface area contributed by atoms with Crippen molar-refractivity contribution in [1.82, 2.24) is 14.8 Å². The summed E-state index contributed by atoms with van der Waals surface area (Å²) in [5.41, 5.74) is 3.14. The zero-order valence-electron chi connectivity index (χ0n) is 21.5. The number of carbonyl (C=O) groups excluding carboxylic acids is 1. The molecular formula is C28H33ClN4O3S. The quantitative estimate of drug-likeness (QED) is 0.150. The fourth-order valence-electron chi connectivity index (χ4n) is 4.08. The van der Waals surface area contributed by atoms with Gasteiger partial charge in [-0.1, -0.05) is 80.4 Å². The summed E-state index contributed by atoms with van der Waals surface area (Å²) in [5, 5.41) is 9.35. The number of unbranched alkanes of at least 4 members (excludes halogenated alkanes) is 2. The van der Waals surface area contributed by atoms with Gasteiger partial charge in [0.05, 0.1) is 18.8 Å². The maximum atomic E-state index is 13.2. The summed E-state index contributed by atoms with van der Waals surface area (Å²) in [5.74, 6) is 1.66. The number of nitrogens with one attached hydrogen (secondary N) is 1. The summed E-state index contributed by atoms with van der Waals surface area (Å²) in [6.07, 6.45) is 4.07. The molecule has 3 aromatic rings. The van der Waals surface area contributed by atoms with Gasteiger partial charge in [0.2, 0.25) is 11.1 Å². The molecule has 0 spiro atoms. The van der Waals surface area contributed by atoms with Crippen molar-refractivity contribution in [1.29, 1.82) is 0 Å². The number of aromatic nitrogens is 3. The molecule has 1 N–H and O–H groups in total. The van der Waals surface area contributed by atoms with Gasteiger partial charge in [0, 0.05) is 16.5 Å². The average Bonchev–Trinajstić information content (AvgIpc) is 3.31. The predicted molar refractivity (Wildman–Crippen MR) is 148 cm³/mol. The SMILES string of the molecule is CCCCCOc1ccc(C2C(C(=O)OCCC)=C(C)Nc3nc(SCc4ccccc4Cl)nn32)cc1. The molecule has 9 heteroatoms. The number of fused-ring (bicyclic) bond motifs is 1. The molecule has 0 bridgehead atoms. The first-order valence-corrected chi connectivity index (χ1v) is 14.1. The van der Waals surface area contributed by atoms with E-state index >= 15 is 0 Å². The second kappa shape index (κ2) is 13.0. The normalized spacial score (nSPS) is 14.8. The largest absolute Gasteiger partial charge is 0.494 e. The molecule has 196 valence electrons. The van der Waals surface area contributed by atoms with Crippen molar-refractivity contribution in [2.45, 2.75) is 63.4 Å². The molecule has 1 unspecified atom stereocenters. The van der Waals surface area contributed by atoms with Gasteiger partial charge in [-0.15, -0.1) is 5.10 Å². The first-order valence-electron chi connectivity index (χ1n) is 12.7. The number of halogens is 1. The van der Waals surface area contributed by atoms with Crippen LogP contribution in [0.3, 0.4) is 0 Å². The summed E-state index contributed by atoms with van der Waals surface area (Å²) in [4.78, 5) is 17.9. The summed E-state index contributed by atoms with van der Waals surface area (Å²) < 4.78 is 13.2. The summed E-state index contributed by atoms with van der Waals surface area (Å²) in [6, 6.07) is 15.1. The number of thioether (sulfide) groups is 1. The zero-order chi connectivity index (χ0) is 26.2. The number of hydrogen-bond donors (Lipinski definition) is 1. The van der Waals surface area contributed by atoms with E-state index in [1.165, 1.54) is 11.8 Å². The van der Waals surface area contributed by atoms with Crippen LogP contribution in [0.4, 0.5) is 5.95 Å². The Morgan fingerprint density at radius 1 is 1.08 bits per heavy atom. The fourth-order valence-corrected chi connectivity index (χ4v) is 5.20. The van der Waals surface area contributed by atoms with E-state index in [0.29, 0.717) is 46.4 Å². The van der Waals surface area contributed by atoms with Crippen LogP contribution in [0.25, 0.3) is 0 Å². The number of esters is 1. The highest BCUT2D eigenvalue weighted by Gasteiger charge is 2.35. The second-order valence-electron chi connectivity index (χ2n) is 8.87. The smallest absolute Gasteiger partial charge is 0.338 e. The molecule has 0 amide bonds. The molecule has 2 aromatic carbocycles. The van der Waals surface area contributed by atoms with Crippen LogP contribution >= 0.6 is 23.4 Å². The Morgan fingerprint density at radius 3 is 2.59 bits per heavy atom. The lowest BCUT2D eigenvalue weighted by molar-refractivity contribution is -0.139. The van der Waals surface area contributed by atoms with Gasteiger partial charge in [-0.3, -0.25) is 0 Å². The van der Waals surface area contributed by atoms with Gasteiger partial charge in [0.15, 0.2) is 0 Å². The third kappa shape index (κ3) is 6.67. The van der Waals surface area contributed by atoms with Crippen molar-refractivity contribution in [3.8, 4) is 5.75 Å². The number of hydrogen-bond acceptors (Lipinski definition) is 7. The molecule has 4 rings (SSSR count). The molecule has 0 radical (unpaired) electrons. The molecule has 7 nitrogen and oxygen atoms in total. The Bertz CT molecular complexity index is 1240. The van der Waals surface area contributed by atoms with Crippen molar-refractivity contribution >= 4 is 35.3 Å². The van der Waals surface area contributed by atoms with E-state index in [1.54, 1.807) is 4.68 Å². The van der Waals surface area contributed by atoms with Gasteiger partial charge in [-0.05, 0) is 49.1 Å². The minimum absolute atomic E-state index is 0.357. The molecule has 1 aromatic heterocycles. The summed E-state index contributed by atoms with van der Waals surface area (Å²) in [6.45, 7) is 7.06. The lowest BCUT2D eigenvalue weighted by Gasteiger charge is -2.28. The maximum Gasteiger partial charge on any atom is 0.338 e.